The number of anilines is 2. The molecule has 2 saturated heterocycles. The summed E-state index contributed by atoms with van der Waals surface area (Å²) in [4.78, 5) is 49.4. The molecule has 0 saturated carbocycles. The smallest absolute Gasteiger partial charge is 0.251 e. The van der Waals surface area contributed by atoms with E-state index >= 15 is 0 Å². The Morgan fingerprint density at radius 2 is 1.60 bits per heavy atom. The van der Waals surface area contributed by atoms with Crippen molar-refractivity contribution in [3.05, 3.63) is 119 Å². The lowest BCUT2D eigenvalue weighted by molar-refractivity contribution is -0.141. The van der Waals surface area contributed by atoms with Gasteiger partial charge in [-0.05, 0) is 42.7 Å². The summed E-state index contributed by atoms with van der Waals surface area (Å²) in [6.45, 7) is 2.26. The van der Waals surface area contributed by atoms with Gasteiger partial charge in [0.15, 0.2) is 0 Å². The van der Waals surface area contributed by atoms with Crippen LogP contribution in [0.2, 0.25) is 5.02 Å². The second kappa shape index (κ2) is 11.8. The number of rotatable bonds is 6. The van der Waals surface area contributed by atoms with E-state index in [4.69, 9.17) is 11.6 Å². The number of para-hydroxylation sites is 2. The molecule has 3 amide bonds. The molecular formula is C36H34ClN3O4S. The van der Waals surface area contributed by atoms with Crippen molar-refractivity contribution in [2.45, 2.75) is 35.4 Å². The van der Waals surface area contributed by atoms with Crippen LogP contribution in [0.15, 0.2) is 103 Å². The summed E-state index contributed by atoms with van der Waals surface area (Å²) in [5.41, 5.74) is 3.16. The molecule has 1 unspecified atom stereocenters. The van der Waals surface area contributed by atoms with Crippen LogP contribution in [0, 0.1) is 18.8 Å². The van der Waals surface area contributed by atoms with Gasteiger partial charge in [0.05, 0.1) is 39.9 Å². The third kappa shape index (κ3) is 4.82. The van der Waals surface area contributed by atoms with Crippen LogP contribution in [0.4, 0.5) is 11.4 Å². The average Bonchev–Trinajstić information content (AvgIpc) is 3.37. The maximum absolute atomic E-state index is 15.0. The van der Waals surface area contributed by atoms with Gasteiger partial charge >= 0.3 is 0 Å². The Morgan fingerprint density at radius 3 is 2.31 bits per heavy atom. The van der Waals surface area contributed by atoms with Crippen LogP contribution in [-0.4, -0.2) is 69.5 Å². The second-order valence-electron chi connectivity index (χ2n) is 12.1. The summed E-state index contributed by atoms with van der Waals surface area (Å²) >= 11 is 8.23. The Hall–Kier alpha value is -3.85. The highest BCUT2D eigenvalue weighted by Crippen LogP contribution is 2.61. The maximum Gasteiger partial charge on any atom is 0.251 e. The van der Waals surface area contributed by atoms with Crippen molar-refractivity contribution >= 4 is 52.5 Å². The molecule has 45 heavy (non-hydrogen) atoms. The van der Waals surface area contributed by atoms with Gasteiger partial charge in [-0.2, -0.15) is 0 Å². The van der Waals surface area contributed by atoms with E-state index in [2.05, 4.69) is 0 Å². The topological polar surface area (TPSA) is 81.2 Å². The highest BCUT2D eigenvalue weighted by molar-refractivity contribution is 8.02. The fourth-order valence-electron chi connectivity index (χ4n) is 7.61. The van der Waals surface area contributed by atoms with Crippen LogP contribution < -0.4 is 9.80 Å². The largest absolute Gasteiger partial charge is 0.394 e. The van der Waals surface area contributed by atoms with Crippen molar-refractivity contribution in [1.29, 1.82) is 0 Å². The van der Waals surface area contributed by atoms with Gasteiger partial charge in [0.1, 0.15) is 6.04 Å². The van der Waals surface area contributed by atoms with E-state index < -0.39 is 28.7 Å². The van der Waals surface area contributed by atoms with E-state index in [1.165, 1.54) is 11.8 Å². The predicted octanol–water partition coefficient (Wildman–Crippen LogP) is 5.06. The minimum atomic E-state index is -1.02. The number of hydrogen-bond donors (Lipinski definition) is 1. The molecular weight excluding hydrogens is 606 g/mol. The molecule has 7 nitrogen and oxygen atoms in total. The normalized spacial score (nSPS) is 28.1. The number of thioether (sulfide) groups is 1. The summed E-state index contributed by atoms with van der Waals surface area (Å²) in [5, 5.41) is 11.0. The lowest BCUT2D eigenvalue weighted by atomic mass is 9.78. The van der Waals surface area contributed by atoms with Crippen LogP contribution in [-0.2, 0) is 20.8 Å². The first-order chi connectivity index (χ1) is 21.9. The number of nitrogens with zero attached hydrogens (tertiary/aromatic N) is 3. The quantitative estimate of drug-likeness (QED) is 0.382. The Morgan fingerprint density at radius 1 is 0.889 bits per heavy atom. The van der Waals surface area contributed by atoms with Crippen LogP contribution in [0.5, 0.6) is 0 Å². The van der Waals surface area contributed by atoms with E-state index in [9.17, 15) is 19.5 Å². The first-order valence-corrected chi connectivity index (χ1v) is 16.5. The minimum absolute atomic E-state index is 0.132. The zero-order valence-corrected chi connectivity index (χ0v) is 26.4. The number of fused-ring (bicyclic) bond motifs is 2. The fourth-order valence-corrected chi connectivity index (χ4v) is 9.93. The van der Waals surface area contributed by atoms with Crippen molar-refractivity contribution in [3.8, 4) is 0 Å². The number of aryl methyl sites for hydroxylation is 1. The van der Waals surface area contributed by atoms with Crippen molar-refractivity contribution in [2.75, 3.05) is 29.5 Å². The van der Waals surface area contributed by atoms with Gasteiger partial charge in [-0.3, -0.25) is 14.4 Å². The number of hydrogen-bond acceptors (Lipinski definition) is 5. The first kappa shape index (κ1) is 29.8. The fraction of sp³-hybridized carbons (Fsp3) is 0.306. The highest BCUT2D eigenvalue weighted by atomic mass is 35.5. The molecule has 230 valence electrons. The van der Waals surface area contributed by atoms with Gasteiger partial charge in [-0.1, -0.05) is 96.6 Å². The molecule has 4 aliphatic heterocycles. The Kier molecular flexibility index (Phi) is 7.84. The summed E-state index contributed by atoms with van der Waals surface area (Å²) in [6.07, 6.45) is 8.33. The minimum Gasteiger partial charge on any atom is -0.394 e. The first-order valence-electron chi connectivity index (χ1n) is 15.3. The number of benzene rings is 3. The maximum atomic E-state index is 15.0. The number of carbonyl (C=O) groups is 3. The molecule has 6 atom stereocenters. The van der Waals surface area contributed by atoms with E-state index in [1.54, 1.807) is 20.8 Å². The molecule has 0 bridgehead atoms. The lowest BCUT2D eigenvalue weighted by Gasteiger charge is -2.39. The number of halogens is 1. The molecule has 0 radical (unpaired) electrons. The zero-order chi connectivity index (χ0) is 31.3. The van der Waals surface area contributed by atoms with Crippen molar-refractivity contribution in [2.24, 2.45) is 11.8 Å². The molecule has 2 fully saturated rings. The Balaban J connectivity index is 1.36. The summed E-state index contributed by atoms with van der Waals surface area (Å²) in [7, 11) is 0. The molecule has 3 aromatic rings. The standard InChI is InChI=1S/C36H34ClN3O4S/c1-23-11-8-16-27(37)31(23)39-20-10-18-36-30(29-28(45-36)17-9-19-38(33(29)42)25-14-6-3-7-15-25)34(43)40(32(36)35(39)44)26(22-41)21-24-12-4-2-5-13-24/h2-18,26,28-30,32,41H,19-22H2,1H3/t26-,28-,29+,30+,32?,36+/m1/s1. The van der Waals surface area contributed by atoms with Gasteiger partial charge in [-0.25, -0.2) is 0 Å². The number of aliphatic hydroxyl groups excluding tert-OH is 1. The molecule has 9 heteroatoms. The van der Waals surface area contributed by atoms with Gasteiger partial charge < -0.3 is 19.8 Å². The van der Waals surface area contributed by atoms with Crippen molar-refractivity contribution < 1.29 is 19.5 Å². The van der Waals surface area contributed by atoms with Gasteiger partial charge in [-0.15, -0.1) is 11.8 Å². The SMILES string of the molecule is Cc1cccc(Cl)c1N1CC=C[C@]23S[C@@H]4C=CCN(c5ccccc5)C(=O)[C@@H]4[C@H]2C(=O)N([C@@H](CO)Cc2ccccc2)C3C1=O. The second-order valence-corrected chi connectivity index (χ2v) is 14.0. The average molecular weight is 640 g/mol. The highest BCUT2D eigenvalue weighted by Gasteiger charge is 2.72. The van der Waals surface area contributed by atoms with Crippen LogP contribution in [0.25, 0.3) is 0 Å². The summed E-state index contributed by atoms with van der Waals surface area (Å²) in [5.74, 6) is -2.15. The van der Waals surface area contributed by atoms with Crippen molar-refractivity contribution in [3.63, 3.8) is 0 Å². The molecule has 4 aliphatic rings. The van der Waals surface area contributed by atoms with Gasteiger partial charge in [0, 0.05) is 24.0 Å². The third-order valence-corrected chi connectivity index (χ3v) is 11.6. The molecule has 1 spiro atoms. The molecule has 0 aliphatic carbocycles. The number of amides is 3. The van der Waals surface area contributed by atoms with E-state index in [0.29, 0.717) is 23.7 Å². The Labute approximate surface area is 272 Å². The molecule has 3 aromatic carbocycles. The van der Waals surface area contributed by atoms with E-state index in [0.717, 1.165) is 16.8 Å². The summed E-state index contributed by atoms with van der Waals surface area (Å²) < 4.78 is -1.02. The third-order valence-electron chi connectivity index (χ3n) is 9.54. The van der Waals surface area contributed by atoms with Gasteiger partial charge in [0.25, 0.3) is 5.91 Å². The molecule has 4 heterocycles. The monoisotopic (exact) mass is 639 g/mol. The number of aliphatic hydroxyl groups is 1. The van der Waals surface area contributed by atoms with Crippen LogP contribution in [0.3, 0.4) is 0 Å². The number of carbonyl (C=O) groups excluding carboxylic acids is 3. The van der Waals surface area contributed by atoms with Crippen molar-refractivity contribution in [1.82, 2.24) is 4.90 Å². The predicted molar refractivity (Wildman–Crippen MR) is 178 cm³/mol. The Bertz CT molecular complexity index is 1680. The summed E-state index contributed by atoms with van der Waals surface area (Å²) in [6, 6.07) is 23.1. The van der Waals surface area contributed by atoms with Gasteiger partial charge in [0.2, 0.25) is 11.8 Å². The number of likely N-dealkylation sites (tertiary alicyclic amines) is 1. The lowest BCUT2D eigenvalue weighted by Crippen LogP contribution is -2.57. The molecule has 7 rings (SSSR count). The molecule has 1 N–H and O–H groups in total. The van der Waals surface area contributed by atoms with E-state index in [-0.39, 0.29) is 36.1 Å². The zero-order valence-electron chi connectivity index (χ0n) is 24.8. The van der Waals surface area contributed by atoms with E-state index in [1.807, 2.05) is 104 Å². The molecule has 0 aromatic heterocycles. The van der Waals surface area contributed by atoms with Crippen LogP contribution in [0.1, 0.15) is 11.1 Å². The van der Waals surface area contributed by atoms with Crippen LogP contribution >= 0.6 is 23.4 Å².